The number of anilines is 2. The van der Waals surface area contributed by atoms with E-state index in [9.17, 15) is 0 Å². The standard InChI is InChI=1S/C19H24N6/c20-17-16-13(3-1-5-15(16)24-18(21)25-17)11-19(6-9-22-10-7-19)14-4-2-8-23-12-14/h1-5,12,22-23H,6-11H2,(H4,20,21,24,25). The number of rotatable bonds is 3. The van der Waals surface area contributed by atoms with Gasteiger partial charge in [0.25, 0.3) is 0 Å². The first-order chi connectivity index (χ1) is 12.2. The van der Waals surface area contributed by atoms with Gasteiger partial charge in [-0.3, -0.25) is 0 Å². The van der Waals surface area contributed by atoms with E-state index in [0.717, 1.165) is 49.8 Å². The number of allylic oxidation sites excluding steroid dienone is 2. The van der Waals surface area contributed by atoms with Crippen molar-refractivity contribution in [2.75, 3.05) is 31.1 Å². The molecule has 2 aromatic rings. The summed E-state index contributed by atoms with van der Waals surface area (Å²) in [4.78, 5) is 8.54. The maximum Gasteiger partial charge on any atom is 0.222 e. The average Bonchev–Trinajstić information content (AvgIpc) is 2.63. The summed E-state index contributed by atoms with van der Waals surface area (Å²) < 4.78 is 0. The van der Waals surface area contributed by atoms with Crippen molar-refractivity contribution in [1.29, 1.82) is 0 Å². The third-order valence-electron chi connectivity index (χ3n) is 5.35. The number of dihydropyridines is 1. The Kier molecular flexibility index (Phi) is 4.05. The third kappa shape index (κ3) is 2.93. The van der Waals surface area contributed by atoms with Gasteiger partial charge >= 0.3 is 0 Å². The molecule has 0 amide bonds. The lowest BCUT2D eigenvalue weighted by Gasteiger charge is -2.40. The van der Waals surface area contributed by atoms with Gasteiger partial charge in [0.15, 0.2) is 0 Å². The highest BCUT2D eigenvalue weighted by atomic mass is 15.0. The Hall–Kier alpha value is -2.60. The predicted molar refractivity (Wildman–Crippen MR) is 102 cm³/mol. The second-order valence-corrected chi connectivity index (χ2v) is 6.90. The summed E-state index contributed by atoms with van der Waals surface area (Å²) in [5.41, 5.74) is 15.4. The van der Waals surface area contributed by atoms with E-state index >= 15 is 0 Å². The van der Waals surface area contributed by atoms with Crippen molar-refractivity contribution in [3.8, 4) is 0 Å². The quantitative estimate of drug-likeness (QED) is 0.681. The highest BCUT2D eigenvalue weighted by Crippen LogP contribution is 2.42. The molecule has 1 aromatic carbocycles. The molecule has 130 valence electrons. The van der Waals surface area contributed by atoms with Crippen LogP contribution in [-0.2, 0) is 6.42 Å². The number of hydrogen-bond acceptors (Lipinski definition) is 6. The van der Waals surface area contributed by atoms with Gasteiger partial charge in [0.1, 0.15) is 5.82 Å². The highest BCUT2D eigenvalue weighted by Gasteiger charge is 2.36. The van der Waals surface area contributed by atoms with E-state index in [1.807, 2.05) is 12.1 Å². The number of hydrogen-bond donors (Lipinski definition) is 4. The van der Waals surface area contributed by atoms with Gasteiger partial charge in [-0.1, -0.05) is 24.3 Å². The number of nitrogens with one attached hydrogen (secondary N) is 2. The first-order valence-corrected chi connectivity index (χ1v) is 8.80. The molecule has 0 bridgehead atoms. The van der Waals surface area contributed by atoms with Crippen molar-refractivity contribution in [3.05, 3.63) is 47.7 Å². The van der Waals surface area contributed by atoms with Crippen LogP contribution in [-0.4, -0.2) is 29.6 Å². The van der Waals surface area contributed by atoms with E-state index in [0.29, 0.717) is 5.82 Å². The Balaban J connectivity index is 1.80. The fraction of sp³-hybridized carbons (Fsp3) is 0.368. The molecule has 0 atom stereocenters. The normalized spacial score (nSPS) is 19.4. The summed E-state index contributed by atoms with van der Waals surface area (Å²) in [6.45, 7) is 2.94. The summed E-state index contributed by atoms with van der Waals surface area (Å²) in [6, 6.07) is 6.12. The molecule has 4 rings (SSSR count). The zero-order valence-electron chi connectivity index (χ0n) is 14.3. The van der Waals surface area contributed by atoms with Crippen LogP contribution in [0.1, 0.15) is 18.4 Å². The van der Waals surface area contributed by atoms with E-state index in [2.05, 4.69) is 45.0 Å². The lowest BCUT2D eigenvalue weighted by atomic mass is 9.68. The largest absolute Gasteiger partial charge is 0.387 e. The van der Waals surface area contributed by atoms with Crippen molar-refractivity contribution in [1.82, 2.24) is 20.6 Å². The van der Waals surface area contributed by atoms with E-state index in [-0.39, 0.29) is 11.4 Å². The molecule has 0 aliphatic carbocycles. The molecule has 0 saturated carbocycles. The number of fused-ring (bicyclic) bond motifs is 1. The number of nitrogen functional groups attached to an aromatic ring is 2. The monoisotopic (exact) mass is 336 g/mol. The molecule has 1 aromatic heterocycles. The number of benzene rings is 1. The highest BCUT2D eigenvalue weighted by molar-refractivity contribution is 5.92. The lowest BCUT2D eigenvalue weighted by molar-refractivity contribution is 0.256. The minimum absolute atomic E-state index is 0.0945. The Morgan fingerprint density at radius 3 is 2.72 bits per heavy atom. The summed E-state index contributed by atoms with van der Waals surface area (Å²) in [7, 11) is 0. The van der Waals surface area contributed by atoms with Gasteiger partial charge in [-0.15, -0.1) is 0 Å². The second kappa shape index (κ2) is 6.37. The van der Waals surface area contributed by atoms with Crippen LogP contribution >= 0.6 is 0 Å². The zero-order chi connectivity index (χ0) is 17.3. The molecule has 1 saturated heterocycles. The number of nitrogens with zero attached hydrogens (tertiary/aromatic N) is 2. The topological polar surface area (TPSA) is 102 Å². The first-order valence-electron chi connectivity index (χ1n) is 8.80. The van der Waals surface area contributed by atoms with Crippen LogP contribution in [0, 0.1) is 5.41 Å². The second-order valence-electron chi connectivity index (χ2n) is 6.90. The zero-order valence-corrected chi connectivity index (χ0v) is 14.3. The average molecular weight is 336 g/mol. The van der Waals surface area contributed by atoms with Crippen LogP contribution in [0.25, 0.3) is 10.9 Å². The summed E-state index contributed by atoms with van der Waals surface area (Å²) in [5, 5.41) is 7.78. The van der Waals surface area contributed by atoms with Gasteiger partial charge in [-0.2, -0.15) is 4.98 Å². The molecule has 25 heavy (non-hydrogen) atoms. The van der Waals surface area contributed by atoms with E-state index < -0.39 is 0 Å². The van der Waals surface area contributed by atoms with Gasteiger partial charge in [0, 0.05) is 23.5 Å². The van der Waals surface area contributed by atoms with Crippen molar-refractivity contribution in [2.24, 2.45) is 5.41 Å². The molecule has 1 fully saturated rings. The van der Waals surface area contributed by atoms with Crippen molar-refractivity contribution < 1.29 is 0 Å². The molecule has 6 N–H and O–H groups in total. The van der Waals surface area contributed by atoms with Crippen LogP contribution in [0.15, 0.2) is 42.1 Å². The molecular weight excluding hydrogens is 312 g/mol. The van der Waals surface area contributed by atoms with Crippen LogP contribution in [0.3, 0.4) is 0 Å². The Morgan fingerprint density at radius 2 is 1.96 bits per heavy atom. The van der Waals surface area contributed by atoms with E-state index in [1.165, 1.54) is 11.1 Å². The number of piperidine rings is 1. The molecule has 2 aliphatic rings. The maximum absolute atomic E-state index is 6.20. The van der Waals surface area contributed by atoms with Crippen LogP contribution < -0.4 is 22.1 Å². The lowest BCUT2D eigenvalue weighted by Crippen LogP contribution is -2.40. The summed E-state index contributed by atoms with van der Waals surface area (Å²) in [5.74, 6) is 0.689. The Bertz CT molecular complexity index is 848. The molecule has 0 unspecified atom stereocenters. The number of aromatic nitrogens is 2. The smallest absolute Gasteiger partial charge is 0.222 e. The van der Waals surface area contributed by atoms with Crippen LogP contribution in [0.5, 0.6) is 0 Å². The number of nitrogens with two attached hydrogens (primary N) is 2. The fourth-order valence-electron chi connectivity index (χ4n) is 4.09. The van der Waals surface area contributed by atoms with Gasteiger partial charge in [-0.05, 0) is 49.6 Å². The molecule has 0 radical (unpaired) electrons. The van der Waals surface area contributed by atoms with Crippen molar-refractivity contribution in [2.45, 2.75) is 19.3 Å². The summed E-state index contributed by atoms with van der Waals surface area (Å²) in [6.07, 6.45) is 9.74. The fourth-order valence-corrected chi connectivity index (χ4v) is 4.09. The SMILES string of the molecule is Nc1nc(N)c2c(CC3(C4=CNCC=C4)CCNCC3)cccc2n1. The predicted octanol–water partition coefficient (Wildman–Crippen LogP) is 1.75. The molecule has 2 aliphatic heterocycles. The van der Waals surface area contributed by atoms with Crippen LogP contribution in [0.2, 0.25) is 0 Å². The maximum atomic E-state index is 6.20. The van der Waals surface area contributed by atoms with Crippen LogP contribution in [0.4, 0.5) is 11.8 Å². The van der Waals surface area contributed by atoms with Gasteiger partial charge in [0.2, 0.25) is 5.95 Å². The molecule has 3 heterocycles. The Labute approximate surface area is 147 Å². The van der Waals surface area contributed by atoms with Gasteiger partial charge in [0.05, 0.1) is 5.52 Å². The minimum atomic E-state index is 0.0945. The molecule has 6 heteroatoms. The van der Waals surface area contributed by atoms with Gasteiger partial charge < -0.3 is 22.1 Å². The minimum Gasteiger partial charge on any atom is -0.387 e. The third-order valence-corrected chi connectivity index (χ3v) is 5.35. The first kappa shape index (κ1) is 15.9. The molecule has 6 nitrogen and oxygen atoms in total. The summed E-state index contributed by atoms with van der Waals surface area (Å²) >= 11 is 0. The van der Waals surface area contributed by atoms with E-state index in [1.54, 1.807) is 0 Å². The van der Waals surface area contributed by atoms with E-state index in [4.69, 9.17) is 11.5 Å². The van der Waals surface area contributed by atoms with Crippen molar-refractivity contribution >= 4 is 22.7 Å². The Morgan fingerprint density at radius 1 is 1.12 bits per heavy atom. The molecule has 0 spiro atoms. The molecular formula is C19H24N6. The van der Waals surface area contributed by atoms with Gasteiger partial charge in [-0.25, -0.2) is 4.98 Å². The van der Waals surface area contributed by atoms with Crippen molar-refractivity contribution in [3.63, 3.8) is 0 Å².